The van der Waals surface area contributed by atoms with Crippen LogP contribution in [0.2, 0.25) is 0 Å². The second-order valence-corrected chi connectivity index (χ2v) is 7.18. The first kappa shape index (κ1) is 18.5. The number of likely N-dealkylation sites (tertiary alicyclic amines) is 1. The molecule has 0 spiro atoms. The average molecular weight is 359 g/mol. The molecule has 2 heterocycles. The molecule has 1 saturated heterocycles. The highest BCUT2D eigenvalue weighted by molar-refractivity contribution is 5.92. The third kappa shape index (κ3) is 4.27. The van der Waals surface area contributed by atoms with Crippen LogP contribution in [0.5, 0.6) is 0 Å². The summed E-state index contributed by atoms with van der Waals surface area (Å²) >= 11 is 0. The molecule has 2 N–H and O–H groups in total. The van der Waals surface area contributed by atoms with Crippen LogP contribution in [0.15, 0.2) is 18.3 Å². The van der Waals surface area contributed by atoms with Crippen LogP contribution in [0.1, 0.15) is 61.0 Å². The molecule has 3 rings (SSSR count). The standard InChI is InChI=1S/C19H25N3O4/c20-18(25)19(8-2-1-3-9-19)26-17(24)16-5-4-14(12-21-16)13-22-10-6-15(23)7-11-22/h4-5,12H,1-3,6-11,13H2,(H2,20,25). The van der Waals surface area contributed by atoms with Gasteiger partial charge in [0.15, 0.2) is 5.60 Å². The molecule has 7 heteroatoms. The lowest BCUT2D eigenvalue weighted by molar-refractivity contribution is -0.140. The minimum Gasteiger partial charge on any atom is -0.444 e. The summed E-state index contributed by atoms with van der Waals surface area (Å²) in [5, 5.41) is 0. The van der Waals surface area contributed by atoms with Crippen LogP contribution in [-0.2, 0) is 20.9 Å². The summed E-state index contributed by atoms with van der Waals surface area (Å²) in [5.74, 6) is -0.883. The zero-order valence-corrected chi connectivity index (χ0v) is 14.9. The van der Waals surface area contributed by atoms with Gasteiger partial charge in [0.1, 0.15) is 11.5 Å². The van der Waals surface area contributed by atoms with Crippen molar-refractivity contribution in [3.63, 3.8) is 0 Å². The Bertz CT molecular complexity index is 671. The van der Waals surface area contributed by atoms with E-state index in [9.17, 15) is 14.4 Å². The van der Waals surface area contributed by atoms with Gasteiger partial charge in [-0.05, 0) is 37.3 Å². The number of hydrogen-bond acceptors (Lipinski definition) is 6. The van der Waals surface area contributed by atoms with Crippen LogP contribution in [0.4, 0.5) is 0 Å². The van der Waals surface area contributed by atoms with Crippen LogP contribution in [-0.4, -0.2) is 46.2 Å². The fraction of sp³-hybridized carbons (Fsp3) is 0.579. The van der Waals surface area contributed by atoms with Crippen LogP contribution < -0.4 is 5.73 Å². The summed E-state index contributed by atoms with van der Waals surface area (Å²) in [6.07, 6.45) is 6.42. The van der Waals surface area contributed by atoms with E-state index in [2.05, 4.69) is 9.88 Å². The van der Waals surface area contributed by atoms with Crippen LogP contribution in [0.3, 0.4) is 0 Å². The van der Waals surface area contributed by atoms with Crippen molar-refractivity contribution >= 4 is 17.7 Å². The summed E-state index contributed by atoms with van der Waals surface area (Å²) < 4.78 is 5.50. The van der Waals surface area contributed by atoms with Crippen molar-refractivity contribution in [2.75, 3.05) is 13.1 Å². The molecule has 0 aromatic carbocycles. The zero-order valence-electron chi connectivity index (χ0n) is 14.9. The first-order chi connectivity index (χ1) is 12.5. The molecule has 1 saturated carbocycles. The molecule has 0 radical (unpaired) electrons. The van der Waals surface area contributed by atoms with Gasteiger partial charge < -0.3 is 10.5 Å². The quantitative estimate of drug-likeness (QED) is 0.801. The Labute approximate surface area is 152 Å². The van der Waals surface area contributed by atoms with Crippen molar-refractivity contribution < 1.29 is 19.1 Å². The molecule has 0 unspecified atom stereocenters. The second kappa shape index (κ2) is 7.95. The minimum absolute atomic E-state index is 0.175. The summed E-state index contributed by atoms with van der Waals surface area (Å²) in [4.78, 5) is 41.9. The number of amides is 1. The van der Waals surface area contributed by atoms with Crippen LogP contribution in [0, 0.1) is 0 Å². The van der Waals surface area contributed by atoms with Gasteiger partial charge >= 0.3 is 5.97 Å². The predicted octanol–water partition coefficient (Wildman–Crippen LogP) is 1.59. The topological polar surface area (TPSA) is 103 Å². The fourth-order valence-corrected chi connectivity index (χ4v) is 3.61. The number of carbonyl (C=O) groups is 3. The average Bonchev–Trinajstić information content (AvgIpc) is 2.65. The van der Waals surface area contributed by atoms with Crippen molar-refractivity contribution in [1.82, 2.24) is 9.88 Å². The molecular formula is C19H25N3O4. The van der Waals surface area contributed by atoms with Gasteiger partial charge in [-0.2, -0.15) is 0 Å². The Hall–Kier alpha value is -2.28. The van der Waals surface area contributed by atoms with E-state index in [1.54, 1.807) is 12.3 Å². The summed E-state index contributed by atoms with van der Waals surface area (Å²) in [6, 6.07) is 3.45. The van der Waals surface area contributed by atoms with Gasteiger partial charge in [0.2, 0.25) is 0 Å². The molecule has 140 valence electrons. The predicted molar refractivity (Wildman–Crippen MR) is 94.2 cm³/mol. The Balaban J connectivity index is 1.61. The van der Waals surface area contributed by atoms with E-state index in [4.69, 9.17) is 10.5 Å². The highest BCUT2D eigenvalue weighted by atomic mass is 16.6. The van der Waals surface area contributed by atoms with Crippen molar-refractivity contribution in [2.45, 2.75) is 57.1 Å². The van der Waals surface area contributed by atoms with Gasteiger partial charge in [-0.15, -0.1) is 0 Å². The number of Topliss-reactive ketones (excluding diaryl/α,β-unsaturated/α-hetero) is 1. The number of esters is 1. The molecule has 7 nitrogen and oxygen atoms in total. The molecule has 0 atom stereocenters. The zero-order chi connectivity index (χ0) is 18.6. The number of hydrogen-bond donors (Lipinski definition) is 1. The van der Waals surface area contributed by atoms with E-state index in [0.717, 1.165) is 37.9 Å². The Morgan fingerprint density at radius 1 is 1.15 bits per heavy atom. The van der Waals surface area contributed by atoms with E-state index in [0.29, 0.717) is 38.0 Å². The Morgan fingerprint density at radius 3 is 2.42 bits per heavy atom. The number of piperidine rings is 1. The molecule has 26 heavy (non-hydrogen) atoms. The van der Waals surface area contributed by atoms with Crippen molar-refractivity contribution in [3.05, 3.63) is 29.6 Å². The SMILES string of the molecule is NC(=O)C1(OC(=O)c2ccc(CN3CCC(=O)CC3)cn2)CCCCC1. The first-order valence-corrected chi connectivity index (χ1v) is 9.21. The Morgan fingerprint density at radius 2 is 1.85 bits per heavy atom. The summed E-state index contributed by atoms with van der Waals surface area (Å²) in [7, 11) is 0. The van der Waals surface area contributed by atoms with Crippen LogP contribution >= 0.6 is 0 Å². The summed E-state index contributed by atoms with van der Waals surface area (Å²) in [6.45, 7) is 2.20. The fourth-order valence-electron chi connectivity index (χ4n) is 3.61. The van der Waals surface area contributed by atoms with E-state index in [1.165, 1.54) is 0 Å². The third-order valence-corrected chi connectivity index (χ3v) is 5.25. The molecule has 1 aromatic heterocycles. The first-order valence-electron chi connectivity index (χ1n) is 9.21. The molecule has 0 bridgehead atoms. The number of aromatic nitrogens is 1. The number of rotatable bonds is 5. The smallest absolute Gasteiger partial charge is 0.357 e. The molecule has 1 aliphatic heterocycles. The van der Waals surface area contributed by atoms with Crippen molar-refractivity contribution in [3.8, 4) is 0 Å². The number of carbonyl (C=O) groups excluding carboxylic acids is 3. The van der Waals surface area contributed by atoms with E-state index in [-0.39, 0.29) is 5.69 Å². The maximum absolute atomic E-state index is 12.4. The highest BCUT2D eigenvalue weighted by Gasteiger charge is 2.42. The van der Waals surface area contributed by atoms with Gasteiger partial charge in [-0.25, -0.2) is 9.78 Å². The molecule has 1 aromatic rings. The maximum Gasteiger partial charge on any atom is 0.357 e. The van der Waals surface area contributed by atoms with Crippen molar-refractivity contribution in [2.24, 2.45) is 5.73 Å². The third-order valence-electron chi connectivity index (χ3n) is 5.25. The second-order valence-electron chi connectivity index (χ2n) is 7.18. The number of nitrogens with zero attached hydrogens (tertiary/aromatic N) is 2. The van der Waals surface area contributed by atoms with E-state index >= 15 is 0 Å². The van der Waals surface area contributed by atoms with E-state index in [1.807, 2.05) is 6.07 Å². The number of nitrogens with two attached hydrogens (primary N) is 1. The van der Waals surface area contributed by atoms with Gasteiger partial charge in [0.25, 0.3) is 5.91 Å². The lowest BCUT2D eigenvalue weighted by Gasteiger charge is -2.33. The number of pyridine rings is 1. The Kier molecular flexibility index (Phi) is 5.66. The molecular weight excluding hydrogens is 334 g/mol. The number of ketones is 1. The van der Waals surface area contributed by atoms with Crippen LogP contribution in [0.25, 0.3) is 0 Å². The van der Waals surface area contributed by atoms with E-state index < -0.39 is 17.5 Å². The summed E-state index contributed by atoms with van der Waals surface area (Å²) in [5.41, 5.74) is 5.45. The molecule has 2 aliphatic rings. The molecule has 2 fully saturated rings. The maximum atomic E-state index is 12.4. The monoisotopic (exact) mass is 359 g/mol. The lowest BCUT2D eigenvalue weighted by atomic mass is 9.84. The largest absolute Gasteiger partial charge is 0.444 e. The van der Waals surface area contributed by atoms with Gasteiger partial charge in [-0.3, -0.25) is 14.5 Å². The molecule has 1 amide bonds. The number of ether oxygens (including phenoxy) is 1. The van der Waals surface area contributed by atoms with Crippen molar-refractivity contribution in [1.29, 1.82) is 0 Å². The number of primary amides is 1. The van der Waals surface area contributed by atoms with Gasteiger partial charge in [-0.1, -0.05) is 12.5 Å². The highest BCUT2D eigenvalue weighted by Crippen LogP contribution is 2.32. The lowest BCUT2D eigenvalue weighted by Crippen LogP contribution is -2.49. The van der Waals surface area contributed by atoms with Gasteiger partial charge in [0, 0.05) is 38.7 Å². The van der Waals surface area contributed by atoms with Gasteiger partial charge in [0.05, 0.1) is 0 Å². The normalized spacial score (nSPS) is 20.5. The molecule has 1 aliphatic carbocycles. The minimum atomic E-state index is -1.20.